The zero-order valence-electron chi connectivity index (χ0n) is 11.4. The van der Waals surface area contributed by atoms with Crippen molar-refractivity contribution in [2.24, 2.45) is 0 Å². The SMILES string of the molecule is Cc1nc(Nc2ccccc2)nc(N2CCOCC2)n1. The van der Waals surface area contributed by atoms with Crippen LogP contribution in [0.4, 0.5) is 17.6 Å². The molecule has 6 heteroatoms. The van der Waals surface area contributed by atoms with Crippen LogP contribution in [0.25, 0.3) is 0 Å². The van der Waals surface area contributed by atoms with Gasteiger partial charge in [0.05, 0.1) is 13.2 Å². The number of ether oxygens (including phenoxy) is 1. The fraction of sp³-hybridized carbons (Fsp3) is 0.357. The van der Waals surface area contributed by atoms with E-state index in [-0.39, 0.29) is 0 Å². The Morgan fingerprint density at radius 2 is 1.80 bits per heavy atom. The first-order valence-corrected chi connectivity index (χ1v) is 6.69. The van der Waals surface area contributed by atoms with Crippen LogP contribution >= 0.6 is 0 Å². The van der Waals surface area contributed by atoms with Gasteiger partial charge in [0.15, 0.2) is 0 Å². The monoisotopic (exact) mass is 271 g/mol. The topological polar surface area (TPSA) is 63.2 Å². The van der Waals surface area contributed by atoms with Gasteiger partial charge in [-0.1, -0.05) is 18.2 Å². The predicted octanol–water partition coefficient (Wildman–Crippen LogP) is 1.76. The van der Waals surface area contributed by atoms with Gasteiger partial charge < -0.3 is 15.0 Å². The highest BCUT2D eigenvalue weighted by molar-refractivity contribution is 5.53. The van der Waals surface area contributed by atoms with E-state index in [9.17, 15) is 0 Å². The molecule has 20 heavy (non-hydrogen) atoms. The lowest BCUT2D eigenvalue weighted by Gasteiger charge is -2.26. The second-order valence-corrected chi connectivity index (χ2v) is 4.60. The van der Waals surface area contributed by atoms with Gasteiger partial charge in [0.1, 0.15) is 5.82 Å². The van der Waals surface area contributed by atoms with E-state index in [0.29, 0.717) is 30.9 Å². The number of aryl methyl sites for hydroxylation is 1. The first kappa shape index (κ1) is 12.8. The number of nitrogens with one attached hydrogen (secondary N) is 1. The van der Waals surface area contributed by atoms with Crippen molar-refractivity contribution in [3.05, 3.63) is 36.2 Å². The molecular weight excluding hydrogens is 254 g/mol. The van der Waals surface area contributed by atoms with Crippen molar-refractivity contribution in [3.8, 4) is 0 Å². The molecule has 1 N–H and O–H groups in total. The quantitative estimate of drug-likeness (QED) is 0.917. The van der Waals surface area contributed by atoms with E-state index < -0.39 is 0 Å². The summed E-state index contributed by atoms with van der Waals surface area (Å²) in [5.74, 6) is 1.99. The van der Waals surface area contributed by atoms with Crippen molar-refractivity contribution < 1.29 is 4.74 Å². The zero-order chi connectivity index (χ0) is 13.8. The maximum Gasteiger partial charge on any atom is 0.232 e. The average molecular weight is 271 g/mol. The number of para-hydroxylation sites is 1. The lowest BCUT2D eigenvalue weighted by atomic mass is 10.3. The van der Waals surface area contributed by atoms with Crippen molar-refractivity contribution in [2.45, 2.75) is 6.92 Å². The fourth-order valence-electron chi connectivity index (χ4n) is 2.08. The van der Waals surface area contributed by atoms with Crippen LogP contribution in [0.15, 0.2) is 30.3 Å². The van der Waals surface area contributed by atoms with Crippen molar-refractivity contribution in [1.82, 2.24) is 15.0 Å². The molecule has 1 aliphatic rings. The maximum absolute atomic E-state index is 5.35. The largest absolute Gasteiger partial charge is 0.378 e. The lowest BCUT2D eigenvalue weighted by Crippen LogP contribution is -2.37. The molecule has 0 amide bonds. The number of nitrogens with zero attached hydrogens (tertiary/aromatic N) is 4. The summed E-state index contributed by atoms with van der Waals surface area (Å²) in [6.07, 6.45) is 0. The second kappa shape index (κ2) is 5.83. The van der Waals surface area contributed by atoms with Gasteiger partial charge in [0, 0.05) is 18.8 Å². The molecule has 0 saturated carbocycles. The van der Waals surface area contributed by atoms with Crippen LogP contribution in [0.2, 0.25) is 0 Å². The van der Waals surface area contributed by atoms with E-state index in [1.54, 1.807) is 0 Å². The van der Waals surface area contributed by atoms with Gasteiger partial charge in [-0.25, -0.2) is 0 Å². The summed E-state index contributed by atoms with van der Waals surface area (Å²) in [6.45, 7) is 4.93. The Hall–Kier alpha value is -2.21. The summed E-state index contributed by atoms with van der Waals surface area (Å²) >= 11 is 0. The van der Waals surface area contributed by atoms with Crippen LogP contribution in [0.5, 0.6) is 0 Å². The molecule has 1 aliphatic heterocycles. The molecule has 0 unspecified atom stereocenters. The maximum atomic E-state index is 5.35. The number of aromatic nitrogens is 3. The summed E-state index contributed by atoms with van der Waals surface area (Å²) in [7, 11) is 0. The number of anilines is 3. The van der Waals surface area contributed by atoms with Crippen LogP contribution < -0.4 is 10.2 Å². The molecule has 0 aliphatic carbocycles. The van der Waals surface area contributed by atoms with Gasteiger partial charge in [-0.2, -0.15) is 15.0 Å². The standard InChI is InChI=1S/C14H17N5O/c1-11-15-13(17-12-5-3-2-4-6-12)18-14(16-11)19-7-9-20-10-8-19/h2-6H,7-10H2,1H3,(H,15,16,17,18). The molecule has 104 valence electrons. The zero-order valence-corrected chi connectivity index (χ0v) is 11.4. The van der Waals surface area contributed by atoms with Crippen LogP contribution in [-0.2, 0) is 4.74 Å². The Bertz CT molecular complexity index is 569. The lowest BCUT2D eigenvalue weighted by molar-refractivity contribution is 0.122. The molecule has 2 aromatic rings. The molecule has 1 fully saturated rings. The molecule has 6 nitrogen and oxygen atoms in total. The van der Waals surface area contributed by atoms with E-state index in [1.807, 2.05) is 37.3 Å². The van der Waals surface area contributed by atoms with E-state index >= 15 is 0 Å². The Morgan fingerprint density at radius 3 is 2.55 bits per heavy atom. The van der Waals surface area contributed by atoms with E-state index in [0.717, 1.165) is 18.8 Å². The van der Waals surface area contributed by atoms with Crippen LogP contribution in [0, 0.1) is 6.92 Å². The third kappa shape index (κ3) is 3.03. The van der Waals surface area contributed by atoms with Crippen LogP contribution in [-0.4, -0.2) is 41.3 Å². The summed E-state index contributed by atoms with van der Waals surface area (Å²) in [4.78, 5) is 15.3. The van der Waals surface area contributed by atoms with Gasteiger partial charge in [-0.05, 0) is 19.1 Å². The van der Waals surface area contributed by atoms with Crippen molar-refractivity contribution >= 4 is 17.6 Å². The summed E-state index contributed by atoms with van der Waals surface area (Å²) in [5, 5.41) is 3.20. The molecule has 1 aromatic carbocycles. The van der Waals surface area contributed by atoms with Crippen molar-refractivity contribution in [2.75, 3.05) is 36.5 Å². The highest BCUT2D eigenvalue weighted by Gasteiger charge is 2.15. The smallest absolute Gasteiger partial charge is 0.232 e. The Kier molecular flexibility index (Phi) is 3.73. The minimum atomic E-state index is 0.574. The Labute approximate surface area is 117 Å². The van der Waals surface area contributed by atoms with Crippen molar-refractivity contribution in [3.63, 3.8) is 0 Å². The molecule has 0 bridgehead atoms. The third-order valence-electron chi connectivity index (χ3n) is 3.06. The minimum absolute atomic E-state index is 0.574. The molecule has 3 rings (SSSR count). The number of rotatable bonds is 3. The van der Waals surface area contributed by atoms with Gasteiger partial charge in [-0.15, -0.1) is 0 Å². The fourth-order valence-corrected chi connectivity index (χ4v) is 2.08. The number of hydrogen-bond donors (Lipinski definition) is 1. The van der Waals surface area contributed by atoms with Gasteiger partial charge >= 0.3 is 0 Å². The normalized spacial score (nSPS) is 15.2. The Morgan fingerprint density at radius 1 is 1.05 bits per heavy atom. The summed E-state index contributed by atoms with van der Waals surface area (Å²) < 4.78 is 5.35. The van der Waals surface area contributed by atoms with Gasteiger partial charge in [0.25, 0.3) is 0 Å². The molecule has 2 heterocycles. The third-order valence-corrected chi connectivity index (χ3v) is 3.06. The number of hydrogen-bond acceptors (Lipinski definition) is 6. The first-order valence-electron chi connectivity index (χ1n) is 6.69. The van der Waals surface area contributed by atoms with E-state index in [2.05, 4.69) is 25.2 Å². The first-order chi connectivity index (χ1) is 9.81. The molecular formula is C14H17N5O. The second-order valence-electron chi connectivity index (χ2n) is 4.60. The molecule has 0 spiro atoms. The van der Waals surface area contributed by atoms with Crippen LogP contribution in [0.1, 0.15) is 5.82 Å². The van der Waals surface area contributed by atoms with E-state index in [1.165, 1.54) is 0 Å². The summed E-state index contributed by atoms with van der Waals surface area (Å²) in [6, 6.07) is 9.88. The predicted molar refractivity (Wildman–Crippen MR) is 77.3 cm³/mol. The van der Waals surface area contributed by atoms with Gasteiger partial charge in [-0.3, -0.25) is 0 Å². The van der Waals surface area contributed by atoms with Crippen molar-refractivity contribution in [1.29, 1.82) is 0 Å². The van der Waals surface area contributed by atoms with E-state index in [4.69, 9.17) is 4.74 Å². The average Bonchev–Trinajstić information content (AvgIpc) is 2.49. The highest BCUT2D eigenvalue weighted by Crippen LogP contribution is 2.16. The number of morpholine rings is 1. The number of benzene rings is 1. The summed E-state index contributed by atoms with van der Waals surface area (Å²) in [5.41, 5.74) is 0.964. The van der Waals surface area contributed by atoms with Crippen LogP contribution in [0.3, 0.4) is 0 Å². The molecule has 1 saturated heterocycles. The highest BCUT2D eigenvalue weighted by atomic mass is 16.5. The molecule has 0 atom stereocenters. The minimum Gasteiger partial charge on any atom is -0.378 e. The molecule has 1 aromatic heterocycles. The molecule has 0 radical (unpaired) electrons. The Balaban J connectivity index is 1.82. The van der Waals surface area contributed by atoms with Gasteiger partial charge in [0.2, 0.25) is 11.9 Å².